The van der Waals surface area contributed by atoms with Crippen LogP contribution in [0.5, 0.6) is 0 Å². The number of ether oxygens (including phenoxy) is 1. The lowest BCUT2D eigenvalue weighted by atomic mass is 10.1. The molecule has 6 nitrogen and oxygen atoms in total. The molecule has 0 aromatic heterocycles. The van der Waals surface area contributed by atoms with Gasteiger partial charge in [-0.2, -0.15) is 0 Å². The Labute approximate surface area is 153 Å². The van der Waals surface area contributed by atoms with Gasteiger partial charge in [-0.05, 0) is 24.1 Å². The number of methoxy groups -OCH3 is 1. The van der Waals surface area contributed by atoms with E-state index in [1.54, 1.807) is 27.1 Å². The van der Waals surface area contributed by atoms with Gasteiger partial charge in [0.25, 0.3) is 0 Å². The Morgan fingerprint density at radius 3 is 2.65 bits per heavy atom. The number of aryl methyl sites for hydroxylation is 1. The zero-order valence-electron chi connectivity index (χ0n) is 13.6. The molecular formula is C15H24FIN4O2. The topological polar surface area (TPSA) is 74.8 Å². The van der Waals surface area contributed by atoms with Crippen molar-refractivity contribution < 1.29 is 13.9 Å². The first-order valence-corrected chi connectivity index (χ1v) is 7.02. The molecule has 0 unspecified atom stereocenters. The zero-order chi connectivity index (χ0) is 16.4. The molecule has 1 rings (SSSR count). The fourth-order valence-corrected chi connectivity index (χ4v) is 1.67. The van der Waals surface area contributed by atoms with E-state index in [9.17, 15) is 9.18 Å². The number of nitrogens with zero attached hydrogens (tertiary/aromatic N) is 1. The second-order valence-electron chi connectivity index (χ2n) is 4.71. The van der Waals surface area contributed by atoms with Crippen LogP contribution in [0.1, 0.15) is 11.1 Å². The Morgan fingerprint density at radius 1 is 1.30 bits per heavy atom. The third kappa shape index (κ3) is 8.70. The number of guanidine groups is 1. The van der Waals surface area contributed by atoms with Crippen molar-refractivity contribution in [2.24, 2.45) is 4.99 Å². The van der Waals surface area contributed by atoms with Crippen LogP contribution in [0, 0.1) is 12.7 Å². The van der Waals surface area contributed by atoms with Crippen molar-refractivity contribution in [3.8, 4) is 0 Å². The number of carbonyl (C=O) groups excluding carboxylic acids is 1. The van der Waals surface area contributed by atoms with Gasteiger partial charge in [0.15, 0.2) is 5.96 Å². The van der Waals surface area contributed by atoms with Crippen LogP contribution in [0.15, 0.2) is 23.2 Å². The lowest BCUT2D eigenvalue weighted by Crippen LogP contribution is -2.43. The van der Waals surface area contributed by atoms with Crippen molar-refractivity contribution in [2.75, 3.05) is 33.9 Å². The molecule has 0 radical (unpaired) electrons. The second kappa shape index (κ2) is 12.1. The number of hydrogen-bond acceptors (Lipinski definition) is 3. The van der Waals surface area contributed by atoms with Gasteiger partial charge in [0.2, 0.25) is 5.91 Å². The summed E-state index contributed by atoms with van der Waals surface area (Å²) >= 11 is 0. The first-order chi connectivity index (χ1) is 10.6. The molecule has 0 bridgehead atoms. The molecule has 3 N–H and O–H groups in total. The molecule has 0 aliphatic heterocycles. The lowest BCUT2D eigenvalue weighted by molar-refractivity contribution is -0.120. The molecular weight excluding hydrogens is 414 g/mol. The smallest absolute Gasteiger partial charge is 0.239 e. The van der Waals surface area contributed by atoms with Gasteiger partial charge in [0, 0.05) is 27.2 Å². The number of hydrogen-bond donors (Lipinski definition) is 3. The standard InChI is InChI=1S/C15H23FN4O2.HI/c1-11-4-5-12(8-13(11)16)9-19-15(17-2)20-10-14(21)18-6-7-22-3;/h4-5,8H,6-7,9-10H2,1-3H3,(H,18,21)(H2,17,19,20);1H. The Bertz CT molecular complexity index is 526. The van der Waals surface area contributed by atoms with Crippen LogP contribution in [0.3, 0.4) is 0 Å². The van der Waals surface area contributed by atoms with Gasteiger partial charge < -0.3 is 20.7 Å². The van der Waals surface area contributed by atoms with Crippen molar-refractivity contribution in [2.45, 2.75) is 13.5 Å². The summed E-state index contributed by atoms with van der Waals surface area (Å²) in [4.78, 5) is 15.5. The van der Waals surface area contributed by atoms with Gasteiger partial charge in [-0.15, -0.1) is 24.0 Å². The Morgan fingerprint density at radius 2 is 2.04 bits per heavy atom. The highest BCUT2D eigenvalue weighted by molar-refractivity contribution is 14.0. The third-order valence-electron chi connectivity index (χ3n) is 2.96. The van der Waals surface area contributed by atoms with E-state index in [0.29, 0.717) is 31.2 Å². The number of nitrogens with one attached hydrogen (secondary N) is 3. The van der Waals surface area contributed by atoms with Crippen LogP contribution < -0.4 is 16.0 Å². The number of aliphatic imine (C=N–C) groups is 1. The van der Waals surface area contributed by atoms with Crippen LogP contribution in [0.2, 0.25) is 0 Å². The van der Waals surface area contributed by atoms with E-state index in [4.69, 9.17) is 4.74 Å². The van der Waals surface area contributed by atoms with E-state index in [2.05, 4.69) is 20.9 Å². The minimum Gasteiger partial charge on any atom is -0.383 e. The highest BCUT2D eigenvalue weighted by Crippen LogP contribution is 2.08. The molecule has 1 amide bonds. The average molecular weight is 438 g/mol. The summed E-state index contributed by atoms with van der Waals surface area (Å²) < 4.78 is 18.3. The fourth-order valence-electron chi connectivity index (χ4n) is 1.67. The van der Waals surface area contributed by atoms with Crippen molar-refractivity contribution in [3.05, 3.63) is 35.1 Å². The maximum Gasteiger partial charge on any atom is 0.239 e. The van der Waals surface area contributed by atoms with Crippen LogP contribution in [-0.2, 0) is 16.1 Å². The molecule has 0 saturated heterocycles. The quantitative estimate of drug-likeness (QED) is 0.259. The minimum absolute atomic E-state index is 0. The van der Waals surface area contributed by atoms with Crippen molar-refractivity contribution in [1.29, 1.82) is 0 Å². The maximum absolute atomic E-state index is 13.5. The molecule has 8 heteroatoms. The van der Waals surface area contributed by atoms with Crippen molar-refractivity contribution >= 4 is 35.8 Å². The highest BCUT2D eigenvalue weighted by Gasteiger charge is 2.04. The number of amides is 1. The SMILES string of the molecule is CN=C(NCC(=O)NCCOC)NCc1ccc(C)c(F)c1.I. The molecule has 0 atom stereocenters. The summed E-state index contributed by atoms with van der Waals surface area (Å²) in [6.45, 7) is 3.17. The number of carbonyl (C=O) groups is 1. The first-order valence-electron chi connectivity index (χ1n) is 7.02. The summed E-state index contributed by atoms with van der Waals surface area (Å²) in [5.41, 5.74) is 1.41. The van der Waals surface area contributed by atoms with E-state index in [1.165, 1.54) is 6.07 Å². The highest BCUT2D eigenvalue weighted by atomic mass is 127. The predicted octanol–water partition coefficient (Wildman–Crippen LogP) is 1.18. The summed E-state index contributed by atoms with van der Waals surface area (Å²) in [5.74, 6) is 0.0871. The minimum atomic E-state index is -0.236. The number of halogens is 2. The van der Waals surface area contributed by atoms with E-state index < -0.39 is 0 Å². The van der Waals surface area contributed by atoms with E-state index in [-0.39, 0.29) is 42.2 Å². The third-order valence-corrected chi connectivity index (χ3v) is 2.96. The van der Waals surface area contributed by atoms with Crippen LogP contribution in [0.25, 0.3) is 0 Å². The van der Waals surface area contributed by atoms with Gasteiger partial charge in [-0.25, -0.2) is 4.39 Å². The molecule has 0 spiro atoms. The number of benzene rings is 1. The molecule has 130 valence electrons. The van der Waals surface area contributed by atoms with Crippen LogP contribution in [0.4, 0.5) is 4.39 Å². The Hall–Kier alpha value is -1.42. The molecule has 1 aromatic carbocycles. The molecule has 0 aliphatic rings. The van der Waals surface area contributed by atoms with Crippen LogP contribution >= 0.6 is 24.0 Å². The zero-order valence-corrected chi connectivity index (χ0v) is 15.9. The predicted molar refractivity (Wildman–Crippen MR) is 99.6 cm³/mol. The monoisotopic (exact) mass is 438 g/mol. The molecule has 0 saturated carbocycles. The molecule has 0 aliphatic carbocycles. The first kappa shape index (κ1) is 21.6. The second-order valence-corrected chi connectivity index (χ2v) is 4.71. The van der Waals surface area contributed by atoms with Crippen molar-refractivity contribution in [1.82, 2.24) is 16.0 Å². The average Bonchev–Trinajstić information content (AvgIpc) is 2.51. The lowest BCUT2D eigenvalue weighted by Gasteiger charge is -2.12. The summed E-state index contributed by atoms with van der Waals surface area (Å²) in [6.07, 6.45) is 0. The van der Waals surface area contributed by atoms with E-state index >= 15 is 0 Å². The summed E-state index contributed by atoms with van der Waals surface area (Å²) in [5, 5.41) is 8.60. The molecule has 1 aromatic rings. The molecule has 0 fully saturated rings. The molecule has 0 heterocycles. The normalized spacial score (nSPS) is 10.7. The van der Waals surface area contributed by atoms with Gasteiger partial charge in [0.05, 0.1) is 13.2 Å². The molecule has 23 heavy (non-hydrogen) atoms. The van der Waals surface area contributed by atoms with Gasteiger partial charge in [-0.3, -0.25) is 9.79 Å². The van der Waals surface area contributed by atoms with Gasteiger partial charge in [-0.1, -0.05) is 12.1 Å². The number of rotatable bonds is 7. The summed E-state index contributed by atoms with van der Waals surface area (Å²) in [7, 11) is 3.18. The van der Waals surface area contributed by atoms with E-state index in [0.717, 1.165) is 5.56 Å². The fraction of sp³-hybridized carbons (Fsp3) is 0.467. The van der Waals surface area contributed by atoms with E-state index in [1.807, 2.05) is 6.07 Å². The largest absolute Gasteiger partial charge is 0.383 e. The Balaban J connectivity index is 0.00000484. The van der Waals surface area contributed by atoms with Gasteiger partial charge >= 0.3 is 0 Å². The van der Waals surface area contributed by atoms with Gasteiger partial charge in [0.1, 0.15) is 5.82 Å². The summed E-state index contributed by atoms with van der Waals surface area (Å²) in [6, 6.07) is 5.05. The van der Waals surface area contributed by atoms with Crippen molar-refractivity contribution in [3.63, 3.8) is 0 Å². The van der Waals surface area contributed by atoms with Crippen LogP contribution in [-0.4, -0.2) is 45.7 Å². The Kier molecular flexibility index (Phi) is 11.3. The maximum atomic E-state index is 13.5.